The summed E-state index contributed by atoms with van der Waals surface area (Å²) in [6.07, 6.45) is 0. The summed E-state index contributed by atoms with van der Waals surface area (Å²) >= 11 is 0. The predicted octanol–water partition coefficient (Wildman–Crippen LogP) is 2.43. The van der Waals surface area contributed by atoms with Crippen LogP contribution in [0, 0.1) is 13.8 Å². The Morgan fingerprint density at radius 1 is 1.00 bits per heavy atom. The Labute approximate surface area is 127 Å². The van der Waals surface area contributed by atoms with Gasteiger partial charge in [-0.1, -0.05) is 26.4 Å². The molecule has 0 N–H and O–H groups in total. The third-order valence-corrected chi connectivity index (χ3v) is 4.34. The molecule has 0 fully saturated rings. The van der Waals surface area contributed by atoms with Crippen LogP contribution in [0.3, 0.4) is 0 Å². The largest absolute Gasteiger partial charge is 0.823 e. The SMILES string of the molecule is COc1ccc(P=C([O-])c2c(C)cccc2C)c(OC)c1. The summed E-state index contributed by atoms with van der Waals surface area (Å²) in [5.41, 5.74) is 2.87. The van der Waals surface area contributed by atoms with Gasteiger partial charge in [-0.05, 0) is 42.7 Å². The van der Waals surface area contributed by atoms with Crippen LogP contribution in [-0.2, 0) is 0 Å². The van der Waals surface area contributed by atoms with Crippen molar-refractivity contribution in [2.45, 2.75) is 13.8 Å². The van der Waals surface area contributed by atoms with Crippen LogP contribution in [0.5, 0.6) is 11.5 Å². The number of methoxy groups -OCH3 is 2. The first-order valence-corrected chi connectivity index (χ1v) is 7.50. The van der Waals surface area contributed by atoms with Crippen LogP contribution in [-0.4, -0.2) is 19.7 Å². The zero-order valence-electron chi connectivity index (χ0n) is 12.6. The van der Waals surface area contributed by atoms with E-state index in [9.17, 15) is 5.11 Å². The minimum atomic E-state index is 0.0778. The fourth-order valence-electron chi connectivity index (χ4n) is 2.19. The molecule has 4 heteroatoms. The Morgan fingerprint density at radius 2 is 1.67 bits per heavy atom. The standard InChI is InChI=1S/C17H19O3P/c1-11-6-5-7-12(2)16(11)17(18)21-15-9-8-13(19-3)10-14(15)20-4/h5-10,18H,1-4H3/p-1. The van der Waals surface area contributed by atoms with Crippen molar-refractivity contribution < 1.29 is 14.6 Å². The average molecular weight is 301 g/mol. The summed E-state index contributed by atoms with van der Waals surface area (Å²) in [7, 11) is 3.80. The van der Waals surface area contributed by atoms with Gasteiger partial charge in [0.05, 0.1) is 14.2 Å². The Hall–Kier alpha value is -1.83. The minimum Gasteiger partial charge on any atom is -0.823 e. The van der Waals surface area contributed by atoms with Gasteiger partial charge in [0, 0.05) is 11.4 Å². The van der Waals surface area contributed by atoms with E-state index in [0.717, 1.165) is 22.0 Å². The summed E-state index contributed by atoms with van der Waals surface area (Å²) in [4.78, 5) is 0. The number of aryl methyl sites for hydroxylation is 2. The maximum Gasteiger partial charge on any atom is 0.134 e. The van der Waals surface area contributed by atoms with E-state index in [1.807, 2.05) is 44.2 Å². The van der Waals surface area contributed by atoms with E-state index in [1.165, 1.54) is 0 Å². The normalized spacial score (nSPS) is 11.4. The lowest BCUT2D eigenvalue weighted by molar-refractivity contribution is -0.207. The maximum atomic E-state index is 12.6. The molecule has 0 aromatic heterocycles. The molecule has 0 aliphatic heterocycles. The van der Waals surface area contributed by atoms with E-state index >= 15 is 0 Å². The Kier molecular flexibility index (Phi) is 5.00. The Bertz CT molecular complexity index is 657. The molecule has 0 saturated heterocycles. The lowest BCUT2D eigenvalue weighted by Gasteiger charge is -2.18. The smallest absolute Gasteiger partial charge is 0.134 e. The molecule has 0 saturated carbocycles. The van der Waals surface area contributed by atoms with Crippen LogP contribution in [0.1, 0.15) is 16.7 Å². The predicted molar refractivity (Wildman–Crippen MR) is 86.1 cm³/mol. The summed E-state index contributed by atoms with van der Waals surface area (Å²) in [5, 5.41) is 13.4. The van der Waals surface area contributed by atoms with Crippen LogP contribution in [0.4, 0.5) is 0 Å². The molecule has 0 atom stereocenters. The van der Waals surface area contributed by atoms with Crippen LogP contribution in [0.15, 0.2) is 36.4 Å². The van der Waals surface area contributed by atoms with E-state index in [0.29, 0.717) is 19.7 Å². The van der Waals surface area contributed by atoms with E-state index < -0.39 is 0 Å². The van der Waals surface area contributed by atoms with Crippen LogP contribution in [0.2, 0.25) is 0 Å². The number of ether oxygens (including phenoxy) is 2. The van der Waals surface area contributed by atoms with Gasteiger partial charge in [0.25, 0.3) is 0 Å². The average Bonchev–Trinajstić information content (AvgIpc) is 2.47. The highest BCUT2D eigenvalue weighted by Gasteiger charge is 2.05. The van der Waals surface area contributed by atoms with Crippen molar-refractivity contribution in [3.8, 4) is 11.5 Å². The van der Waals surface area contributed by atoms with Gasteiger partial charge in [-0.3, -0.25) is 0 Å². The first kappa shape index (κ1) is 15.6. The van der Waals surface area contributed by atoms with Gasteiger partial charge in [-0.15, -0.1) is 5.48 Å². The fourth-order valence-corrected chi connectivity index (χ4v) is 3.29. The van der Waals surface area contributed by atoms with Crippen molar-refractivity contribution >= 4 is 19.0 Å². The summed E-state index contributed by atoms with van der Waals surface area (Å²) in [5.74, 6) is 1.38. The quantitative estimate of drug-likeness (QED) is 0.815. The lowest BCUT2D eigenvalue weighted by Crippen LogP contribution is -2.20. The number of hydrogen-bond acceptors (Lipinski definition) is 3. The second-order valence-corrected chi connectivity index (χ2v) is 5.83. The minimum absolute atomic E-state index is 0.0778. The molecule has 0 heterocycles. The van der Waals surface area contributed by atoms with Crippen molar-refractivity contribution in [2.24, 2.45) is 0 Å². The van der Waals surface area contributed by atoms with E-state index in [2.05, 4.69) is 0 Å². The number of rotatable bonds is 4. The number of benzene rings is 2. The molecule has 0 aliphatic rings. The molecule has 0 spiro atoms. The van der Waals surface area contributed by atoms with E-state index in [4.69, 9.17) is 9.47 Å². The van der Waals surface area contributed by atoms with Gasteiger partial charge in [0.2, 0.25) is 0 Å². The molecule has 2 rings (SSSR count). The zero-order chi connectivity index (χ0) is 15.4. The first-order valence-electron chi connectivity index (χ1n) is 6.61. The fraction of sp³-hybridized carbons (Fsp3) is 0.235. The lowest BCUT2D eigenvalue weighted by atomic mass is 10.0. The molecule has 2 aromatic carbocycles. The molecule has 21 heavy (non-hydrogen) atoms. The van der Waals surface area contributed by atoms with Crippen molar-refractivity contribution in [3.05, 3.63) is 53.1 Å². The molecule has 0 radical (unpaired) electrons. The van der Waals surface area contributed by atoms with Gasteiger partial charge in [0.1, 0.15) is 11.5 Å². The topological polar surface area (TPSA) is 41.5 Å². The molecular weight excluding hydrogens is 283 g/mol. The monoisotopic (exact) mass is 301 g/mol. The van der Waals surface area contributed by atoms with Gasteiger partial charge in [0.15, 0.2) is 0 Å². The van der Waals surface area contributed by atoms with Crippen molar-refractivity contribution in [1.29, 1.82) is 0 Å². The Morgan fingerprint density at radius 3 is 2.24 bits per heavy atom. The molecule has 0 amide bonds. The van der Waals surface area contributed by atoms with Crippen molar-refractivity contribution in [3.63, 3.8) is 0 Å². The summed E-state index contributed by atoms with van der Waals surface area (Å²) in [6.45, 7) is 3.92. The third kappa shape index (κ3) is 3.44. The molecule has 3 nitrogen and oxygen atoms in total. The molecule has 0 bridgehead atoms. The molecular formula is C17H18O3P-. The van der Waals surface area contributed by atoms with Gasteiger partial charge < -0.3 is 14.6 Å². The van der Waals surface area contributed by atoms with E-state index in [1.54, 1.807) is 20.3 Å². The summed E-state index contributed by atoms with van der Waals surface area (Å²) < 4.78 is 10.5. The molecule has 0 aliphatic carbocycles. The maximum absolute atomic E-state index is 12.6. The van der Waals surface area contributed by atoms with Crippen molar-refractivity contribution in [2.75, 3.05) is 14.2 Å². The van der Waals surface area contributed by atoms with Crippen LogP contribution >= 0.6 is 8.20 Å². The van der Waals surface area contributed by atoms with Gasteiger partial charge in [-0.2, -0.15) is 0 Å². The molecule has 110 valence electrons. The van der Waals surface area contributed by atoms with Crippen molar-refractivity contribution in [1.82, 2.24) is 0 Å². The second-order valence-electron chi connectivity index (χ2n) is 4.72. The van der Waals surface area contributed by atoms with Crippen LogP contribution in [0.25, 0.3) is 0 Å². The highest BCUT2D eigenvalue weighted by Crippen LogP contribution is 2.23. The third-order valence-electron chi connectivity index (χ3n) is 3.30. The van der Waals surface area contributed by atoms with Crippen LogP contribution < -0.4 is 19.9 Å². The van der Waals surface area contributed by atoms with E-state index in [-0.39, 0.29) is 5.48 Å². The Balaban J connectivity index is 2.48. The second kappa shape index (κ2) is 6.75. The highest BCUT2D eigenvalue weighted by molar-refractivity contribution is 7.49. The zero-order valence-corrected chi connectivity index (χ0v) is 13.5. The first-order chi connectivity index (χ1) is 10.1. The van der Waals surface area contributed by atoms with Gasteiger partial charge >= 0.3 is 0 Å². The van der Waals surface area contributed by atoms with Gasteiger partial charge in [-0.25, -0.2) is 0 Å². The molecule has 0 unspecified atom stereocenters. The number of hydrogen-bond donors (Lipinski definition) is 0. The summed E-state index contributed by atoms with van der Waals surface area (Å²) in [6, 6.07) is 11.4. The highest BCUT2D eigenvalue weighted by atomic mass is 31.1. The molecule has 2 aromatic rings.